The fraction of sp³-hybridized carbons (Fsp3) is 0.0455. The number of rotatable bonds is 3. The Morgan fingerprint density at radius 1 is 0.897 bits per heavy atom. The smallest absolute Gasteiger partial charge is 0.269 e. The van der Waals surface area contributed by atoms with Crippen LogP contribution in [0.15, 0.2) is 72.8 Å². The van der Waals surface area contributed by atoms with Crippen molar-refractivity contribution in [2.75, 3.05) is 0 Å². The van der Waals surface area contributed by atoms with Gasteiger partial charge in [-0.15, -0.1) is 10.2 Å². The van der Waals surface area contributed by atoms with Crippen molar-refractivity contribution < 1.29 is 4.92 Å². The fourth-order valence-corrected chi connectivity index (χ4v) is 3.45. The monoisotopic (exact) mass is 381 g/mol. The lowest BCUT2D eigenvalue weighted by Crippen LogP contribution is -1.98. The van der Waals surface area contributed by atoms with Crippen LogP contribution in [0.1, 0.15) is 5.56 Å². The second-order valence-electron chi connectivity index (χ2n) is 6.81. The Kier molecular flexibility index (Phi) is 3.80. The molecule has 7 nitrogen and oxygen atoms in total. The largest absolute Gasteiger partial charge is 0.271 e. The molecule has 0 saturated heterocycles. The Balaban J connectivity index is 1.84. The summed E-state index contributed by atoms with van der Waals surface area (Å²) >= 11 is 0. The highest BCUT2D eigenvalue weighted by Crippen LogP contribution is 2.30. The summed E-state index contributed by atoms with van der Waals surface area (Å²) in [5, 5.41) is 19.8. The fourth-order valence-electron chi connectivity index (χ4n) is 3.45. The molecule has 7 heteroatoms. The molecule has 0 saturated carbocycles. The van der Waals surface area contributed by atoms with Crippen LogP contribution in [0.25, 0.3) is 39.3 Å². The number of hydrogen-bond acceptors (Lipinski definition) is 5. The minimum Gasteiger partial charge on any atom is -0.271 e. The van der Waals surface area contributed by atoms with E-state index in [1.54, 1.807) is 12.1 Å². The third kappa shape index (κ3) is 2.80. The number of fused-ring (bicyclic) bond motifs is 3. The standard InChI is InChI=1S/C22H15N5O2/c1-14-7-12-18-19(13-14)26-21(16-8-10-17(11-9-16)27(28)29)24-25-22(26)20(23-18)15-5-3-2-4-6-15/h2-13H,1H3. The number of nitro benzene ring substituents is 1. The van der Waals surface area contributed by atoms with Gasteiger partial charge in [0.25, 0.3) is 5.69 Å². The van der Waals surface area contributed by atoms with Gasteiger partial charge in [-0.25, -0.2) is 4.98 Å². The predicted molar refractivity (Wildman–Crippen MR) is 111 cm³/mol. The molecule has 0 radical (unpaired) electrons. The SMILES string of the molecule is Cc1ccc2nc(-c3ccccc3)c3nnc(-c4ccc([N+](=O)[O-])cc4)n3c2c1. The Labute approximate surface area is 165 Å². The third-order valence-corrected chi connectivity index (χ3v) is 4.86. The predicted octanol–water partition coefficient (Wildman–Crippen LogP) is 4.83. The van der Waals surface area contributed by atoms with Crippen molar-refractivity contribution in [1.82, 2.24) is 19.6 Å². The number of hydrogen-bond donors (Lipinski definition) is 0. The minimum atomic E-state index is -0.415. The van der Waals surface area contributed by atoms with Crippen molar-refractivity contribution >= 4 is 22.4 Å². The molecule has 0 aliphatic rings. The van der Waals surface area contributed by atoms with Gasteiger partial charge in [-0.3, -0.25) is 14.5 Å². The first-order valence-electron chi connectivity index (χ1n) is 9.07. The first-order chi connectivity index (χ1) is 14.1. The maximum atomic E-state index is 11.0. The summed E-state index contributed by atoms with van der Waals surface area (Å²) in [6.07, 6.45) is 0. The molecular formula is C22H15N5O2. The van der Waals surface area contributed by atoms with Gasteiger partial charge in [0.05, 0.1) is 16.0 Å². The first kappa shape index (κ1) is 17.0. The summed E-state index contributed by atoms with van der Waals surface area (Å²) in [6, 6.07) is 22.2. The summed E-state index contributed by atoms with van der Waals surface area (Å²) in [5.74, 6) is 0.616. The number of nitrogens with zero attached hydrogens (tertiary/aromatic N) is 5. The van der Waals surface area contributed by atoms with Crippen LogP contribution in [0.3, 0.4) is 0 Å². The maximum Gasteiger partial charge on any atom is 0.269 e. The summed E-state index contributed by atoms with van der Waals surface area (Å²) < 4.78 is 1.97. The maximum absolute atomic E-state index is 11.0. The molecule has 29 heavy (non-hydrogen) atoms. The number of benzene rings is 3. The van der Waals surface area contributed by atoms with Crippen molar-refractivity contribution in [2.24, 2.45) is 0 Å². The second-order valence-corrected chi connectivity index (χ2v) is 6.81. The molecule has 0 atom stereocenters. The van der Waals surface area contributed by atoms with Gasteiger partial charge in [-0.2, -0.15) is 0 Å². The Bertz CT molecular complexity index is 1380. The Hall–Kier alpha value is -4.13. The van der Waals surface area contributed by atoms with E-state index >= 15 is 0 Å². The van der Waals surface area contributed by atoms with Gasteiger partial charge in [-0.1, -0.05) is 36.4 Å². The number of aryl methyl sites for hydroxylation is 1. The van der Waals surface area contributed by atoms with E-state index in [2.05, 4.69) is 10.2 Å². The van der Waals surface area contributed by atoms with E-state index < -0.39 is 4.92 Å². The van der Waals surface area contributed by atoms with Crippen molar-refractivity contribution in [3.05, 3.63) is 88.5 Å². The van der Waals surface area contributed by atoms with E-state index in [4.69, 9.17) is 4.98 Å². The van der Waals surface area contributed by atoms with Crippen molar-refractivity contribution in [3.63, 3.8) is 0 Å². The van der Waals surface area contributed by atoms with Crippen LogP contribution in [0.4, 0.5) is 5.69 Å². The molecule has 0 fully saturated rings. The first-order valence-corrected chi connectivity index (χ1v) is 9.07. The lowest BCUT2D eigenvalue weighted by molar-refractivity contribution is -0.384. The lowest BCUT2D eigenvalue weighted by atomic mass is 10.1. The number of nitro groups is 1. The molecule has 140 valence electrons. The topological polar surface area (TPSA) is 86.2 Å². The summed E-state index contributed by atoms with van der Waals surface area (Å²) in [7, 11) is 0. The molecule has 0 unspecified atom stereocenters. The molecule has 0 N–H and O–H groups in total. The van der Waals surface area contributed by atoms with Crippen molar-refractivity contribution in [3.8, 4) is 22.6 Å². The van der Waals surface area contributed by atoms with Gasteiger partial charge < -0.3 is 0 Å². The van der Waals surface area contributed by atoms with Crippen LogP contribution in [0.5, 0.6) is 0 Å². The highest BCUT2D eigenvalue weighted by atomic mass is 16.6. The molecular weight excluding hydrogens is 366 g/mol. The van der Waals surface area contributed by atoms with Gasteiger partial charge in [0.1, 0.15) is 5.69 Å². The molecule has 0 aliphatic heterocycles. The lowest BCUT2D eigenvalue weighted by Gasteiger charge is -2.09. The van der Waals surface area contributed by atoms with Gasteiger partial charge in [0.15, 0.2) is 11.5 Å². The average molecular weight is 381 g/mol. The van der Waals surface area contributed by atoms with Gasteiger partial charge in [0.2, 0.25) is 0 Å². The molecule has 2 heterocycles. The molecule has 0 bridgehead atoms. The zero-order valence-corrected chi connectivity index (χ0v) is 15.5. The minimum absolute atomic E-state index is 0.0370. The third-order valence-electron chi connectivity index (χ3n) is 4.86. The van der Waals surface area contributed by atoms with Crippen molar-refractivity contribution in [1.29, 1.82) is 0 Å². The second kappa shape index (κ2) is 6.49. The Morgan fingerprint density at radius 3 is 2.38 bits per heavy atom. The molecule has 5 rings (SSSR count). The molecule has 0 amide bonds. The van der Waals surface area contributed by atoms with E-state index in [0.29, 0.717) is 11.5 Å². The van der Waals surface area contributed by atoms with Crippen LogP contribution < -0.4 is 0 Å². The van der Waals surface area contributed by atoms with Gasteiger partial charge in [0, 0.05) is 23.3 Å². The van der Waals surface area contributed by atoms with Crippen LogP contribution in [-0.4, -0.2) is 24.5 Å². The van der Waals surface area contributed by atoms with Crippen LogP contribution in [0.2, 0.25) is 0 Å². The van der Waals surface area contributed by atoms with Gasteiger partial charge in [-0.05, 0) is 36.8 Å². The highest BCUT2D eigenvalue weighted by Gasteiger charge is 2.18. The molecule has 5 aromatic rings. The quantitative estimate of drug-likeness (QED) is 0.330. The van der Waals surface area contributed by atoms with Crippen LogP contribution >= 0.6 is 0 Å². The van der Waals surface area contributed by atoms with E-state index in [-0.39, 0.29) is 5.69 Å². The molecule has 2 aromatic heterocycles. The van der Waals surface area contributed by atoms with Crippen molar-refractivity contribution in [2.45, 2.75) is 6.92 Å². The summed E-state index contributed by atoms with van der Waals surface area (Å²) in [6.45, 7) is 2.02. The molecule has 0 aliphatic carbocycles. The van der Waals surface area contributed by atoms with E-state index in [0.717, 1.165) is 33.4 Å². The molecule has 3 aromatic carbocycles. The van der Waals surface area contributed by atoms with Crippen LogP contribution in [0, 0.1) is 17.0 Å². The highest BCUT2D eigenvalue weighted by molar-refractivity contribution is 5.88. The van der Waals surface area contributed by atoms with E-state index in [1.807, 2.05) is 59.9 Å². The van der Waals surface area contributed by atoms with E-state index in [9.17, 15) is 10.1 Å². The van der Waals surface area contributed by atoms with E-state index in [1.165, 1.54) is 12.1 Å². The number of non-ortho nitro benzene ring substituents is 1. The normalized spacial score (nSPS) is 11.2. The zero-order valence-electron chi connectivity index (χ0n) is 15.5. The Morgan fingerprint density at radius 2 is 1.66 bits per heavy atom. The molecule has 0 spiro atoms. The summed E-state index contributed by atoms with van der Waals surface area (Å²) in [4.78, 5) is 15.4. The zero-order chi connectivity index (χ0) is 20.0. The van der Waals surface area contributed by atoms with Gasteiger partial charge >= 0.3 is 0 Å². The number of aromatic nitrogens is 4. The average Bonchev–Trinajstić information content (AvgIpc) is 3.19. The summed E-state index contributed by atoms with van der Waals surface area (Å²) in [5.41, 5.74) is 5.92. The van der Waals surface area contributed by atoms with Crippen LogP contribution in [-0.2, 0) is 0 Å².